The number of hydrogen-bond acceptors (Lipinski definition) is 2. The van der Waals surface area contributed by atoms with Crippen molar-refractivity contribution in [3.8, 4) is 5.69 Å². The third-order valence-electron chi connectivity index (χ3n) is 8.98. The maximum absolute atomic E-state index is 13.3. The van der Waals surface area contributed by atoms with Crippen LogP contribution in [-0.4, -0.2) is 16.0 Å². The van der Waals surface area contributed by atoms with Gasteiger partial charge >= 0.3 is 0 Å². The summed E-state index contributed by atoms with van der Waals surface area (Å²) in [5.74, 6) is 2.78. The van der Waals surface area contributed by atoms with Gasteiger partial charge in [-0.25, -0.2) is 4.68 Å². The van der Waals surface area contributed by atoms with Gasteiger partial charge in [-0.2, -0.15) is 0 Å². The minimum Gasteiger partial charge on any atom is -0.295 e. The second kappa shape index (κ2) is 8.58. The van der Waals surface area contributed by atoms with E-state index in [1.807, 2.05) is 26.0 Å². The summed E-state index contributed by atoms with van der Waals surface area (Å²) in [5.41, 5.74) is 7.06. The zero-order valence-corrected chi connectivity index (χ0v) is 23.7. The highest BCUT2D eigenvalue weighted by Crippen LogP contribution is 2.61. The first-order chi connectivity index (χ1) is 16.7. The smallest absolute Gasteiger partial charge is 0.280 e. The predicted molar refractivity (Wildman–Crippen MR) is 150 cm³/mol. The van der Waals surface area contributed by atoms with E-state index in [0.717, 1.165) is 54.9 Å². The van der Waals surface area contributed by atoms with E-state index < -0.39 is 0 Å². The summed E-state index contributed by atoms with van der Waals surface area (Å²) in [6.45, 7) is 6.01. The quantitative estimate of drug-likeness (QED) is 0.306. The fraction of sp³-hybridized carbons (Fsp3) is 0.448. The number of aliphatic imine (C=N–C) groups is 1. The molecule has 0 spiro atoms. The first-order valence-corrected chi connectivity index (χ1v) is 14.2. The Morgan fingerprint density at radius 1 is 0.943 bits per heavy atom. The van der Waals surface area contributed by atoms with Crippen LogP contribution in [0, 0.1) is 38.5 Å². The van der Waals surface area contributed by atoms with Crippen LogP contribution in [0.1, 0.15) is 66.5 Å². The lowest BCUT2D eigenvalue weighted by molar-refractivity contribution is -0.00520. The fourth-order valence-corrected chi connectivity index (χ4v) is 8.35. The van der Waals surface area contributed by atoms with E-state index in [4.69, 9.17) is 4.99 Å². The molecule has 182 valence electrons. The molecule has 0 saturated heterocycles. The molecule has 0 unspecified atom stereocenters. The minimum atomic E-state index is -0.0858. The van der Waals surface area contributed by atoms with Gasteiger partial charge in [0, 0.05) is 20.9 Å². The predicted octanol–water partition coefficient (Wildman–Crippen LogP) is 7.83. The van der Waals surface area contributed by atoms with Crippen LogP contribution in [0.2, 0.25) is 0 Å². The molecular formula is C29H31Br2N3O. The molecule has 1 heterocycles. The van der Waals surface area contributed by atoms with Crippen LogP contribution in [0.25, 0.3) is 5.69 Å². The summed E-state index contributed by atoms with van der Waals surface area (Å²) in [5, 5.41) is 3.24. The highest BCUT2D eigenvalue weighted by atomic mass is 79.9. The van der Waals surface area contributed by atoms with Crippen LogP contribution < -0.4 is 5.56 Å². The minimum absolute atomic E-state index is 0.0858. The van der Waals surface area contributed by atoms with E-state index in [0.29, 0.717) is 11.0 Å². The first-order valence-electron chi connectivity index (χ1n) is 12.7. The number of aromatic nitrogens is 2. The normalized spacial score (nSPS) is 27.3. The highest BCUT2D eigenvalue weighted by Gasteiger charge is 2.51. The van der Waals surface area contributed by atoms with Gasteiger partial charge in [-0.05, 0) is 139 Å². The van der Waals surface area contributed by atoms with Gasteiger partial charge in [0.1, 0.15) is 0 Å². The molecule has 35 heavy (non-hydrogen) atoms. The van der Waals surface area contributed by atoms with Crippen molar-refractivity contribution in [1.29, 1.82) is 0 Å². The number of H-pyrrole nitrogens is 1. The van der Waals surface area contributed by atoms with E-state index in [9.17, 15) is 4.79 Å². The Bertz CT molecular complexity index is 1380. The van der Waals surface area contributed by atoms with Crippen LogP contribution in [0.3, 0.4) is 0 Å². The molecule has 0 atom stereocenters. The van der Waals surface area contributed by atoms with Crippen LogP contribution in [0.4, 0.5) is 5.69 Å². The molecule has 4 aliphatic rings. The number of rotatable bonds is 4. The summed E-state index contributed by atoms with van der Waals surface area (Å²) in [6.07, 6.45) is 10.1. The summed E-state index contributed by atoms with van der Waals surface area (Å²) < 4.78 is 3.67. The number of aryl methyl sites for hydroxylation is 1. The highest BCUT2D eigenvalue weighted by molar-refractivity contribution is 9.10. The number of nitrogens with one attached hydrogen (secondary N) is 1. The van der Waals surface area contributed by atoms with Crippen molar-refractivity contribution in [1.82, 2.24) is 9.78 Å². The van der Waals surface area contributed by atoms with Gasteiger partial charge in [0.15, 0.2) is 0 Å². The molecule has 4 saturated carbocycles. The van der Waals surface area contributed by atoms with Crippen molar-refractivity contribution in [3.63, 3.8) is 0 Å². The van der Waals surface area contributed by atoms with Crippen molar-refractivity contribution in [2.75, 3.05) is 0 Å². The molecule has 1 aromatic heterocycles. The standard InChI is InChI=1S/C29H31Br2N3O/c1-16-17(2)27(7-5-24(16)30)34-28(35)23(18(3)33-34)15-32-26-6-4-22(11-25(26)31)29-12-19-8-20(13-29)10-21(9-19)14-29/h4-7,11,15,19-21,33H,8-10,12-14H2,1-3H3. The van der Waals surface area contributed by atoms with Gasteiger partial charge in [-0.15, -0.1) is 0 Å². The number of benzene rings is 2. The first kappa shape index (κ1) is 23.5. The molecule has 1 N–H and O–H groups in total. The number of nitrogens with zero attached hydrogens (tertiary/aromatic N) is 2. The summed E-state index contributed by atoms with van der Waals surface area (Å²) in [4.78, 5) is 18.0. The Hall–Kier alpha value is -1.92. The molecule has 4 fully saturated rings. The van der Waals surface area contributed by atoms with Crippen LogP contribution in [0.15, 0.2) is 49.1 Å². The molecule has 4 nitrogen and oxygen atoms in total. The molecule has 0 amide bonds. The van der Waals surface area contributed by atoms with Crippen molar-refractivity contribution in [2.45, 2.75) is 64.7 Å². The zero-order valence-electron chi connectivity index (χ0n) is 20.5. The average molecular weight is 597 g/mol. The van der Waals surface area contributed by atoms with Crippen molar-refractivity contribution < 1.29 is 0 Å². The molecule has 6 heteroatoms. The van der Waals surface area contributed by atoms with Gasteiger partial charge in [-0.3, -0.25) is 14.9 Å². The Labute approximate surface area is 223 Å². The molecule has 4 aliphatic carbocycles. The lowest BCUT2D eigenvalue weighted by Crippen LogP contribution is -2.48. The topological polar surface area (TPSA) is 50.1 Å². The Morgan fingerprint density at radius 3 is 2.23 bits per heavy atom. The maximum Gasteiger partial charge on any atom is 0.280 e. The Balaban J connectivity index is 1.30. The van der Waals surface area contributed by atoms with Crippen LogP contribution in [-0.2, 0) is 5.41 Å². The lowest BCUT2D eigenvalue weighted by Gasteiger charge is -2.57. The molecule has 2 aromatic carbocycles. The van der Waals surface area contributed by atoms with Gasteiger partial charge in [0.05, 0.1) is 16.9 Å². The van der Waals surface area contributed by atoms with Crippen LogP contribution in [0.5, 0.6) is 0 Å². The molecule has 7 rings (SSSR count). The van der Waals surface area contributed by atoms with E-state index in [2.05, 4.69) is 62.1 Å². The summed E-state index contributed by atoms with van der Waals surface area (Å²) in [7, 11) is 0. The maximum atomic E-state index is 13.3. The fourth-order valence-electron chi connectivity index (χ4n) is 7.44. The van der Waals surface area contributed by atoms with Gasteiger partial charge < -0.3 is 0 Å². The van der Waals surface area contributed by atoms with Crippen molar-refractivity contribution >= 4 is 43.8 Å². The summed E-state index contributed by atoms with van der Waals surface area (Å²) in [6, 6.07) is 10.7. The second-order valence-corrected chi connectivity index (χ2v) is 12.9. The van der Waals surface area contributed by atoms with Crippen molar-refractivity contribution in [3.05, 3.63) is 77.6 Å². The van der Waals surface area contributed by atoms with Gasteiger partial charge in [0.25, 0.3) is 5.56 Å². The zero-order chi connectivity index (χ0) is 24.5. The summed E-state index contributed by atoms with van der Waals surface area (Å²) >= 11 is 7.37. The Morgan fingerprint density at radius 2 is 1.60 bits per heavy atom. The van der Waals surface area contributed by atoms with E-state index in [1.54, 1.807) is 10.9 Å². The number of halogens is 2. The third kappa shape index (κ3) is 3.92. The molecule has 3 aromatic rings. The molecule has 0 radical (unpaired) electrons. The lowest BCUT2D eigenvalue weighted by atomic mass is 9.48. The third-order valence-corrected chi connectivity index (χ3v) is 10.5. The average Bonchev–Trinajstić information content (AvgIpc) is 3.09. The number of hydrogen-bond donors (Lipinski definition) is 1. The van der Waals surface area contributed by atoms with E-state index in [1.165, 1.54) is 44.1 Å². The van der Waals surface area contributed by atoms with E-state index >= 15 is 0 Å². The largest absolute Gasteiger partial charge is 0.295 e. The number of aromatic amines is 1. The van der Waals surface area contributed by atoms with Gasteiger partial charge in [0.2, 0.25) is 0 Å². The molecule has 4 bridgehead atoms. The van der Waals surface area contributed by atoms with Crippen molar-refractivity contribution in [2.24, 2.45) is 22.7 Å². The monoisotopic (exact) mass is 595 g/mol. The molecular weight excluding hydrogens is 566 g/mol. The molecule has 0 aliphatic heterocycles. The van der Waals surface area contributed by atoms with E-state index in [-0.39, 0.29) is 5.56 Å². The Kier molecular flexibility index (Phi) is 5.76. The van der Waals surface area contributed by atoms with Gasteiger partial charge in [-0.1, -0.05) is 22.0 Å². The van der Waals surface area contributed by atoms with Crippen LogP contribution >= 0.6 is 31.9 Å². The SMILES string of the molecule is Cc1[nH]n(-c2ccc(Br)c(C)c2C)c(=O)c1C=Nc1ccc(C23CC4CC(CC(C4)C2)C3)cc1Br. The second-order valence-electron chi connectivity index (χ2n) is 11.2.